The SMILES string of the molecule is O=C(CCNCCCCc1ccccc1)NC1CC1. The van der Waals surface area contributed by atoms with Gasteiger partial charge >= 0.3 is 0 Å². The predicted molar refractivity (Wildman–Crippen MR) is 78.0 cm³/mol. The van der Waals surface area contributed by atoms with Crippen molar-refractivity contribution < 1.29 is 4.79 Å². The van der Waals surface area contributed by atoms with Gasteiger partial charge in [0.1, 0.15) is 0 Å². The summed E-state index contributed by atoms with van der Waals surface area (Å²) in [5.41, 5.74) is 1.41. The highest BCUT2D eigenvalue weighted by Crippen LogP contribution is 2.18. The molecule has 1 aliphatic rings. The van der Waals surface area contributed by atoms with Gasteiger partial charge in [0.2, 0.25) is 5.91 Å². The van der Waals surface area contributed by atoms with Crippen molar-refractivity contribution in [2.45, 2.75) is 44.6 Å². The number of carbonyl (C=O) groups is 1. The van der Waals surface area contributed by atoms with Crippen LogP contribution in [0.1, 0.15) is 37.7 Å². The first-order valence-corrected chi connectivity index (χ1v) is 7.38. The Kier molecular flexibility index (Phi) is 5.89. The van der Waals surface area contributed by atoms with Gasteiger partial charge in [-0.15, -0.1) is 0 Å². The van der Waals surface area contributed by atoms with E-state index in [1.54, 1.807) is 0 Å². The second kappa shape index (κ2) is 7.95. The molecule has 0 unspecified atom stereocenters. The molecule has 1 aliphatic carbocycles. The molecule has 104 valence electrons. The van der Waals surface area contributed by atoms with Crippen LogP contribution in [0.15, 0.2) is 30.3 Å². The lowest BCUT2D eigenvalue weighted by Gasteiger charge is -2.05. The first kappa shape index (κ1) is 14.1. The van der Waals surface area contributed by atoms with Crippen LogP contribution in [0.3, 0.4) is 0 Å². The summed E-state index contributed by atoms with van der Waals surface area (Å²) in [6.07, 6.45) is 6.45. The van der Waals surface area contributed by atoms with E-state index in [0.29, 0.717) is 12.5 Å². The molecule has 0 aromatic heterocycles. The highest BCUT2D eigenvalue weighted by Gasteiger charge is 2.22. The number of unbranched alkanes of at least 4 members (excludes halogenated alkanes) is 1. The monoisotopic (exact) mass is 260 g/mol. The molecule has 0 radical (unpaired) electrons. The highest BCUT2D eigenvalue weighted by atomic mass is 16.1. The Balaban J connectivity index is 1.40. The Morgan fingerprint density at radius 2 is 1.89 bits per heavy atom. The first-order chi connectivity index (χ1) is 9.34. The fourth-order valence-electron chi connectivity index (χ4n) is 2.08. The van der Waals surface area contributed by atoms with Gasteiger partial charge in [-0.05, 0) is 44.2 Å². The second-order valence-electron chi connectivity index (χ2n) is 5.28. The summed E-state index contributed by atoms with van der Waals surface area (Å²) in [5, 5.41) is 6.33. The number of carbonyl (C=O) groups excluding carboxylic acids is 1. The molecule has 2 N–H and O–H groups in total. The van der Waals surface area contributed by atoms with E-state index in [2.05, 4.69) is 41.0 Å². The van der Waals surface area contributed by atoms with Crippen molar-refractivity contribution in [2.75, 3.05) is 13.1 Å². The van der Waals surface area contributed by atoms with Gasteiger partial charge in [-0.3, -0.25) is 4.79 Å². The Morgan fingerprint density at radius 3 is 2.63 bits per heavy atom. The summed E-state index contributed by atoms with van der Waals surface area (Å²) < 4.78 is 0. The van der Waals surface area contributed by atoms with E-state index in [1.165, 1.54) is 31.2 Å². The maximum atomic E-state index is 11.4. The summed E-state index contributed by atoms with van der Waals surface area (Å²) in [6, 6.07) is 11.1. The zero-order valence-electron chi connectivity index (χ0n) is 11.5. The van der Waals surface area contributed by atoms with Crippen molar-refractivity contribution in [3.8, 4) is 0 Å². The quantitative estimate of drug-likeness (QED) is 0.669. The third-order valence-electron chi connectivity index (χ3n) is 3.38. The fraction of sp³-hybridized carbons (Fsp3) is 0.562. The van der Waals surface area contributed by atoms with Crippen LogP contribution >= 0.6 is 0 Å². The average Bonchev–Trinajstić information content (AvgIpc) is 3.23. The van der Waals surface area contributed by atoms with Crippen LogP contribution < -0.4 is 10.6 Å². The molecule has 19 heavy (non-hydrogen) atoms. The summed E-state index contributed by atoms with van der Waals surface area (Å²) in [6.45, 7) is 1.80. The van der Waals surface area contributed by atoms with Crippen molar-refractivity contribution in [3.63, 3.8) is 0 Å². The van der Waals surface area contributed by atoms with Crippen LogP contribution in [-0.4, -0.2) is 25.0 Å². The number of amides is 1. The number of rotatable bonds is 9. The van der Waals surface area contributed by atoms with Crippen LogP contribution in [0, 0.1) is 0 Å². The third kappa shape index (κ3) is 6.39. The maximum absolute atomic E-state index is 11.4. The number of benzene rings is 1. The summed E-state index contributed by atoms with van der Waals surface area (Å²) in [5.74, 6) is 0.194. The average molecular weight is 260 g/mol. The molecule has 2 rings (SSSR count). The normalized spacial score (nSPS) is 14.3. The Hall–Kier alpha value is -1.35. The van der Waals surface area contributed by atoms with Gasteiger partial charge in [0, 0.05) is 19.0 Å². The zero-order chi connectivity index (χ0) is 13.3. The Labute approximate surface area is 115 Å². The molecule has 1 saturated carbocycles. The Bertz CT molecular complexity index is 374. The van der Waals surface area contributed by atoms with E-state index in [-0.39, 0.29) is 5.91 Å². The smallest absolute Gasteiger partial charge is 0.221 e. The molecule has 0 atom stereocenters. The second-order valence-corrected chi connectivity index (χ2v) is 5.28. The van der Waals surface area contributed by atoms with Gasteiger partial charge in [-0.25, -0.2) is 0 Å². The lowest BCUT2D eigenvalue weighted by atomic mass is 10.1. The van der Waals surface area contributed by atoms with Gasteiger partial charge < -0.3 is 10.6 Å². The highest BCUT2D eigenvalue weighted by molar-refractivity contribution is 5.76. The van der Waals surface area contributed by atoms with Crippen LogP contribution in [0.25, 0.3) is 0 Å². The van der Waals surface area contributed by atoms with Crippen LogP contribution in [-0.2, 0) is 11.2 Å². The van der Waals surface area contributed by atoms with Crippen molar-refractivity contribution in [3.05, 3.63) is 35.9 Å². The largest absolute Gasteiger partial charge is 0.353 e. The van der Waals surface area contributed by atoms with Crippen molar-refractivity contribution in [1.29, 1.82) is 0 Å². The lowest BCUT2D eigenvalue weighted by Crippen LogP contribution is -2.29. The van der Waals surface area contributed by atoms with Crippen molar-refractivity contribution in [1.82, 2.24) is 10.6 Å². The van der Waals surface area contributed by atoms with Gasteiger partial charge in [-0.2, -0.15) is 0 Å². The van der Waals surface area contributed by atoms with E-state index in [0.717, 1.165) is 19.5 Å². The van der Waals surface area contributed by atoms with Gasteiger partial charge in [0.25, 0.3) is 0 Å². The molecule has 1 fully saturated rings. The molecule has 0 aliphatic heterocycles. The molecular weight excluding hydrogens is 236 g/mol. The fourth-order valence-corrected chi connectivity index (χ4v) is 2.08. The topological polar surface area (TPSA) is 41.1 Å². The number of aryl methyl sites for hydroxylation is 1. The minimum absolute atomic E-state index is 0.194. The van der Waals surface area contributed by atoms with Crippen molar-refractivity contribution >= 4 is 5.91 Å². The van der Waals surface area contributed by atoms with Gasteiger partial charge in [0.15, 0.2) is 0 Å². The maximum Gasteiger partial charge on any atom is 0.221 e. The summed E-state index contributed by atoms with van der Waals surface area (Å²) in [4.78, 5) is 11.4. The minimum atomic E-state index is 0.194. The summed E-state index contributed by atoms with van der Waals surface area (Å²) >= 11 is 0. The van der Waals surface area contributed by atoms with E-state index < -0.39 is 0 Å². The molecule has 3 heteroatoms. The first-order valence-electron chi connectivity index (χ1n) is 7.38. The lowest BCUT2D eigenvalue weighted by molar-refractivity contribution is -0.121. The molecule has 0 bridgehead atoms. The van der Waals surface area contributed by atoms with Crippen molar-refractivity contribution in [2.24, 2.45) is 0 Å². The molecule has 1 aromatic carbocycles. The number of hydrogen-bond acceptors (Lipinski definition) is 2. The van der Waals surface area contributed by atoms with E-state index >= 15 is 0 Å². The van der Waals surface area contributed by atoms with Gasteiger partial charge in [0.05, 0.1) is 0 Å². The molecule has 1 amide bonds. The standard InChI is InChI=1S/C16H24N2O/c19-16(18-15-9-10-15)11-13-17-12-5-4-8-14-6-2-1-3-7-14/h1-3,6-7,15,17H,4-5,8-13H2,(H,18,19). The molecule has 0 saturated heterocycles. The molecule has 0 heterocycles. The third-order valence-corrected chi connectivity index (χ3v) is 3.38. The van der Waals surface area contributed by atoms with E-state index in [1.807, 2.05) is 0 Å². The van der Waals surface area contributed by atoms with Gasteiger partial charge in [-0.1, -0.05) is 30.3 Å². The van der Waals surface area contributed by atoms with E-state index in [9.17, 15) is 4.79 Å². The summed E-state index contributed by atoms with van der Waals surface area (Å²) in [7, 11) is 0. The molecule has 3 nitrogen and oxygen atoms in total. The number of hydrogen-bond donors (Lipinski definition) is 2. The van der Waals surface area contributed by atoms with Crippen LogP contribution in [0.2, 0.25) is 0 Å². The van der Waals surface area contributed by atoms with Crippen LogP contribution in [0.5, 0.6) is 0 Å². The molecule has 1 aromatic rings. The van der Waals surface area contributed by atoms with E-state index in [4.69, 9.17) is 0 Å². The Morgan fingerprint density at radius 1 is 1.11 bits per heavy atom. The number of nitrogens with one attached hydrogen (secondary N) is 2. The zero-order valence-corrected chi connectivity index (χ0v) is 11.5. The minimum Gasteiger partial charge on any atom is -0.353 e. The van der Waals surface area contributed by atoms with Crippen LogP contribution in [0.4, 0.5) is 0 Å². The molecule has 0 spiro atoms. The predicted octanol–water partition coefficient (Wildman–Crippen LogP) is 2.27. The molecular formula is C16H24N2O.